The van der Waals surface area contributed by atoms with Gasteiger partial charge < -0.3 is 0 Å². The van der Waals surface area contributed by atoms with Crippen LogP contribution in [-0.2, 0) is 0 Å². The predicted octanol–water partition coefficient (Wildman–Crippen LogP) is 3.76. The highest BCUT2D eigenvalue weighted by Crippen LogP contribution is 2.22. The Morgan fingerprint density at radius 1 is 1.07 bits per heavy atom. The Kier molecular flexibility index (Phi) is 2.78. The van der Waals surface area contributed by atoms with Gasteiger partial charge in [0, 0.05) is 10.5 Å². The molecule has 0 heterocycles. The minimum atomic E-state index is 0.117. The van der Waals surface area contributed by atoms with Gasteiger partial charge in [-0.25, -0.2) is 0 Å². The molecule has 2 heteroatoms. The zero-order valence-corrected chi connectivity index (χ0v) is 9.60. The molecule has 0 saturated heterocycles. The van der Waals surface area contributed by atoms with Gasteiger partial charge in [0.15, 0.2) is 5.78 Å². The lowest BCUT2D eigenvalue weighted by Gasteiger charge is -2.02. The van der Waals surface area contributed by atoms with E-state index in [9.17, 15) is 4.79 Å². The number of fused-ring (bicyclic) bond motifs is 1. The molecule has 0 fully saturated rings. The van der Waals surface area contributed by atoms with Crippen molar-refractivity contribution in [1.82, 2.24) is 0 Å². The Morgan fingerprint density at radius 2 is 1.73 bits per heavy atom. The maximum Gasteiger partial charge on any atom is 0.159 e. The van der Waals surface area contributed by atoms with Crippen LogP contribution in [0.2, 0.25) is 0 Å². The van der Waals surface area contributed by atoms with Gasteiger partial charge in [0.1, 0.15) is 0 Å². The summed E-state index contributed by atoms with van der Waals surface area (Å²) in [4.78, 5) is 12.5. The minimum Gasteiger partial charge on any atom is -0.295 e. The number of benzene rings is 2. The smallest absolute Gasteiger partial charge is 0.159 e. The summed E-state index contributed by atoms with van der Waals surface area (Å²) in [5.41, 5.74) is 0.777. The first-order chi connectivity index (χ1) is 7.20. The van der Waals surface area contributed by atoms with Crippen LogP contribution in [0.4, 0.5) is 0 Å². The molecule has 0 aliphatic rings. The summed E-state index contributed by atoms with van der Waals surface area (Å²) in [6, 6.07) is 12.1. The summed E-state index contributed by atoms with van der Waals surface area (Å²) in [5.74, 6) is 0.117. The molecule has 15 heavy (non-hydrogen) atoms. The Hall–Kier alpha value is -1.28. The standard InChI is InChI=1S/C13H12OS/c1-9(14)10-3-4-12-8-13(15-2)6-5-11(12)7-10/h3-8H,1-2H3. The molecule has 0 amide bonds. The molecule has 0 unspecified atom stereocenters. The fraction of sp³-hybridized carbons (Fsp3) is 0.154. The second kappa shape index (κ2) is 4.07. The first-order valence-electron chi connectivity index (χ1n) is 4.79. The normalized spacial score (nSPS) is 10.5. The molecule has 1 nitrogen and oxygen atoms in total. The molecule has 0 bridgehead atoms. The number of hydrogen-bond donors (Lipinski definition) is 0. The Labute approximate surface area is 93.5 Å². The molecule has 0 aliphatic carbocycles. The van der Waals surface area contributed by atoms with Crippen molar-refractivity contribution in [2.75, 3.05) is 6.26 Å². The van der Waals surface area contributed by atoms with Crippen molar-refractivity contribution < 1.29 is 4.79 Å². The minimum absolute atomic E-state index is 0.117. The van der Waals surface area contributed by atoms with E-state index in [-0.39, 0.29) is 5.78 Å². The number of rotatable bonds is 2. The second-order valence-electron chi connectivity index (χ2n) is 3.48. The molecular formula is C13H12OS. The number of carbonyl (C=O) groups is 1. The average molecular weight is 216 g/mol. The van der Waals surface area contributed by atoms with Crippen molar-refractivity contribution in [3.05, 3.63) is 42.0 Å². The summed E-state index contributed by atoms with van der Waals surface area (Å²) in [6.45, 7) is 1.59. The van der Waals surface area contributed by atoms with Crippen molar-refractivity contribution in [2.45, 2.75) is 11.8 Å². The zero-order chi connectivity index (χ0) is 10.8. The molecular weight excluding hydrogens is 204 g/mol. The molecule has 0 spiro atoms. The van der Waals surface area contributed by atoms with E-state index in [4.69, 9.17) is 0 Å². The number of thioether (sulfide) groups is 1. The monoisotopic (exact) mass is 216 g/mol. The van der Waals surface area contributed by atoms with Gasteiger partial charge in [-0.15, -0.1) is 11.8 Å². The van der Waals surface area contributed by atoms with Gasteiger partial charge >= 0.3 is 0 Å². The van der Waals surface area contributed by atoms with Gasteiger partial charge in [-0.2, -0.15) is 0 Å². The third-order valence-corrected chi connectivity index (χ3v) is 3.18. The van der Waals surface area contributed by atoms with Crippen LogP contribution in [-0.4, -0.2) is 12.0 Å². The summed E-state index contributed by atoms with van der Waals surface area (Å²) in [7, 11) is 0. The SMILES string of the molecule is CSc1ccc2cc(C(C)=O)ccc2c1. The van der Waals surface area contributed by atoms with Gasteiger partial charge in [-0.1, -0.05) is 18.2 Å². The quantitative estimate of drug-likeness (QED) is 0.561. The number of ketones is 1. The summed E-state index contributed by atoms with van der Waals surface area (Å²) in [5, 5.41) is 2.31. The van der Waals surface area contributed by atoms with Crippen LogP contribution >= 0.6 is 11.8 Å². The van der Waals surface area contributed by atoms with E-state index in [0.717, 1.165) is 10.9 Å². The molecule has 0 N–H and O–H groups in total. The fourth-order valence-electron chi connectivity index (χ4n) is 1.57. The Balaban J connectivity index is 2.59. The third-order valence-electron chi connectivity index (χ3n) is 2.45. The second-order valence-corrected chi connectivity index (χ2v) is 4.36. The largest absolute Gasteiger partial charge is 0.295 e. The zero-order valence-electron chi connectivity index (χ0n) is 8.78. The van der Waals surface area contributed by atoms with E-state index in [1.54, 1.807) is 18.7 Å². The molecule has 2 rings (SSSR count). The first-order valence-corrected chi connectivity index (χ1v) is 6.02. The van der Waals surface area contributed by atoms with Gasteiger partial charge in [0.05, 0.1) is 0 Å². The lowest BCUT2D eigenvalue weighted by Crippen LogP contribution is -1.90. The molecule has 76 valence electrons. The van der Waals surface area contributed by atoms with Crippen molar-refractivity contribution >= 4 is 28.3 Å². The van der Waals surface area contributed by atoms with Crippen LogP contribution in [0.1, 0.15) is 17.3 Å². The number of carbonyl (C=O) groups excluding carboxylic acids is 1. The van der Waals surface area contributed by atoms with Gasteiger partial charge in [-0.05, 0) is 42.2 Å². The van der Waals surface area contributed by atoms with Crippen molar-refractivity contribution in [3.63, 3.8) is 0 Å². The van der Waals surface area contributed by atoms with E-state index >= 15 is 0 Å². The lowest BCUT2D eigenvalue weighted by molar-refractivity contribution is 0.101. The maximum atomic E-state index is 11.2. The molecule has 0 radical (unpaired) electrons. The van der Waals surface area contributed by atoms with E-state index < -0.39 is 0 Å². The number of Topliss-reactive ketones (excluding diaryl/α,β-unsaturated/α-hetero) is 1. The Bertz CT molecular complexity index is 517. The number of hydrogen-bond acceptors (Lipinski definition) is 2. The predicted molar refractivity (Wildman–Crippen MR) is 65.7 cm³/mol. The van der Waals surface area contributed by atoms with Crippen LogP contribution in [0, 0.1) is 0 Å². The Morgan fingerprint density at radius 3 is 2.40 bits per heavy atom. The van der Waals surface area contributed by atoms with Crippen LogP contribution < -0.4 is 0 Å². The highest BCUT2D eigenvalue weighted by atomic mass is 32.2. The highest BCUT2D eigenvalue weighted by molar-refractivity contribution is 7.98. The van der Waals surface area contributed by atoms with Crippen LogP contribution in [0.5, 0.6) is 0 Å². The van der Waals surface area contributed by atoms with Crippen molar-refractivity contribution in [1.29, 1.82) is 0 Å². The topological polar surface area (TPSA) is 17.1 Å². The highest BCUT2D eigenvalue weighted by Gasteiger charge is 2.01. The van der Waals surface area contributed by atoms with E-state index in [0.29, 0.717) is 0 Å². The average Bonchev–Trinajstić information content (AvgIpc) is 2.27. The summed E-state index contributed by atoms with van der Waals surface area (Å²) >= 11 is 1.73. The van der Waals surface area contributed by atoms with E-state index in [1.807, 2.05) is 18.2 Å². The van der Waals surface area contributed by atoms with Gasteiger partial charge in [0.25, 0.3) is 0 Å². The van der Waals surface area contributed by atoms with Crippen molar-refractivity contribution in [3.8, 4) is 0 Å². The van der Waals surface area contributed by atoms with Crippen LogP contribution in [0.25, 0.3) is 10.8 Å². The fourth-order valence-corrected chi connectivity index (χ4v) is 2.02. The first kappa shape index (κ1) is 10.2. The molecule has 2 aromatic rings. The van der Waals surface area contributed by atoms with Crippen LogP contribution in [0.3, 0.4) is 0 Å². The van der Waals surface area contributed by atoms with Gasteiger partial charge in [0.2, 0.25) is 0 Å². The van der Waals surface area contributed by atoms with E-state index in [2.05, 4.69) is 24.5 Å². The molecule has 2 aromatic carbocycles. The molecule has 0 aromatic heterocycles. The third kappa shape index (κ3) is 2.05. The maximum absolute atomic E-state index is 11.2. The van der Waals surface area contributed by atoms with E-state index in [1.165, 1.54) is 10.3 Å². The molecule has 0 saturated carbocycles. The lowest BCUT2D eigenvalue weighted by atomic mass is 10.1. The molecule has 0 atom stereocenters. The summed E-state index contributed by atoms with van der Waals surface area (Å²) < 4.78 is 0. The summed E-state index contributed by atoms with van der Waals surface area (Å²) in [6.07, 6.45) is 2.06. The van der Waals surface area contributed by atoms with Crippen molar-refractivity contribution in [2.24, 2.45) is 0 Å². The van der Waals surface area contributed by atoms with Crippen LogP contribution in [0.15, 0.2) is 41.3 Å². The molecule has 0 aliphatic heterocycles. The van der Waals surface area contributed by atoms with Gasteiger partial charge in [-0.3, -0.25) is 4.79 Å².